The molecular weight excluding hydrogens is 236 g/mol. The van der Waals surface area contributed by atoms with Crippen molar-refractivity contribution in [3.63, 3.8) is 0 Å². The van der Waals surface area contributed by atoms with E-state index < -0.39 is 0 Å². The van der Waals surface area contributed by atoms with Crippen LogP contribution in [0.4, 0.5) is 11.5 Å². The van der Waals surface area contributed by atoms with Gasteiger partial charge in [0, 0.05) is 27.3 Å². The predicted octanol–water partition coefficient (Wildman–Crippen LogP) is 0.167. The maximum atomic E-state index is 5.96. The molecule has 1 aromatic rings. The smallest absolute Gasteiger partial charge is 0.242 e. The molecule has 0 aliphatic heterocycles. The van der Waals surface area contributed by atoms with Crippen LogP contribution in [-0.2, 0) is 9.47 Å². The number of nitrogens with two attached hydrogens (primary N) is 1. The molecule has 0 radical (unpaired) electrons. The first-order valence-corrected chi connectivity index (χ1v) is 5.61. The summed E-state index contributed by atoms with van der Waals surface area (Å²) >= 11 is 0. The molecule has 0 unspecified atom stereocenters. The van der Waals surface area contributed by atoms with Crippen LogP contribution in [0.3, 0.4) is 0 Å². The summed E-state index contributed by atoms with van der Waals surface area (Å²) in [5, 5.41) is 0. The highest BCUT2D eigenvalue weighted by Gasteiger charge is 2.15. The summed E-state index contributed by atoms with van der Waals surface area (Å²) in [7, 11) is 4.83. The average Bonchev–Trinajstić information content (AvgIpc) is 2.40. The van der Waals surface area contributed by atoms with Crippen LogP contribution >= 0.6 is 0 Å². The van der Waals surface area contributed by atoms with Crippen molar-refractivity contribution in [2.75, 3.05) is 58.3 Å². The zero-order valence-electron chi connectivity index (χ0n) is 11.0. The lowest BCUT2D eigenvalue weighted by Gasteiger charge is -2.24. The van der Waals surface area contributed by atoms with Crippen molar-refractivity contribution in [2.45, 2.75) is 0 Å². The second-order valence-corrected chi connectivity index (χ2v) is 3.59. The van der Waals surface area contributed by atoms with E-state index in [9.17, 15) is 0 Å². The van der Waals surface area contributed by atoms with Crippen molar-refractivity contribution >= 4 is 11.5 Å². The van der Waals surface area contributed by atoms with E-state index in [-0.39, 0.29) is 0 Å². The fourth-order valence-corrected chi connectivity index (χ4v) is 1.51. The van der Waals surface area contributed by atoms with E-state index in [1.807, 2.05) is 4.90 Å². The summed E-state index contributed by atoms with van der Waals surface area (Å²) in [6.45, 7) is 2.50. The van der Waals surface area contributed by atoms with Crippen molar-refractivity contribution in [1.29, 1.82) is 0 Å². The molecule has 0 atom stereocenters. The highest BCUT2D eigenvalue weighted by atomic mass is 16.5. The van der Waals surface area contributed by atoms with Crippen LogP contribution in [0.5, 0.6) is 5.88 Å². The van der Waals surface area contributed by atoms with E-state index in [1.165, 1.54) is 13.4 Å². The maximum Gasteiger partial charge on any atom is 0.242 e. The monoisotopic (exact) mass is 256 g/mol. The van der Waals surface area contributed by atoms with Gasteiger partial charge in [0.25, 0.3) is 0 Å². The summed E-state index contributed by atoms with van der Waals surface area (Å²) in [6.07, 6.45) is 1.43. The van der Waals surface area contributed by atoms with Crippen molar-refractivity contribution in [2.24, 2.45) is 0 Å². The summed E-state index contributed by atoms with van der Waals surface area (Å²) in [6, 6.07) is 0. The largest absolute Gasteiger partial charge is 0.479 e. The molecule has 0 aliphatic carbocycles. The second kappa shape index (κ2) is 7.67. The van der Waals surface area contributed by atoms with Gasteiger partial charge in [0.2, 0.25) is 5.88 Å². The third-order valence-electron chi connectivity index (χ3n) is 2.45. The topological polar surface area (TPSA) is 82.7 Å². The number of aromatic nitrogens is 2. The molecule has 18 heavy (non-hydrogen) atoms. The number of ether oxygens (including phenoxy) is 3. The van der Waals surface area contributed by atoms with Crippen molar-refractivity contribution < 1.29 is 14.2 Å². The summed E-state index contributed by atoms with van der Waals surface area (Å²) in [5.74, 6) is 1.01. The van der Waals surface area contributed by atoms with Crippen LogP contribution in [0, 0.1) is 0 Å². The molecule has 7 heteroatoms. The molecule has 0 saturated carbocycles. The van der Waals surface area contributed by atoms with E-state index in [0.717, 1.165) is 0 Å². The van der Waals surface area contributed by atoms with Gasteiger partial charge in [0.1, 0.15) is 12.0 Å². The van der Waals surface area contributed by atoms with E-state index in [1.54, 1.807) is 14.2 Å². The molecule has 1 aromatic heterocycles. The molecule has 0 amide bonds. The molecule has 2 N–H and O–H groups in total. The number of nitrogens with zero attached hydrogens (tertiary/aromatic N) is 3. The zero-order valence-corrected chi connectivity index (χ0v) is 11.0. The van der Waals surface area contributed by atoms with Crippen molar-refractivity contribution in [1.82, 2.24) is 9.97 Å². The van der Waals surface area contributed by atoms with Gasteiger partial charge >= 0.3 is 0 Å². The molecule has 7 nitrogen and oxygen atoms in total. The number of nitrogen functional groups attached to an aromatic ring is 1. The average molecular weight is 256 g/mol. The van der Waals surface area contributed by atoms with Gasteiger partial charge in [-0.2, -0.15) is 4.98 Å². The molecule has 0 fully saturated rings. The molecule has 0 bridgehead atoms. The molecule has 0 spiro atoms. The van der Waals surface area contributed by atoms with Crippen LogP contribution in [0.25, 0.3) is 0 Å². The highest BCUT2D eigenvalue weighted by molar-refractivity contribution is 5.67. The minimum absolute atomic E-state index is 0.375. The Labute approximate surface area is 107 Å². The van der Waals surface area contributed by atoms with Crippen molar-refractivity contribution in [3.8, 4) is 5.88 Å². The van der Waals surface area contributed by atoms with E-state index in [0.29, 0.717) is 43.7 Å². The number of anilines is 2. The fourth-order valence-electron chi connectivity index (χ4n) is 1.51. The molecule has 0 saturated heterocycles. The van der Waals surface area contributed by atoms with Gasteiger partial charge in [-0.25, -0.2) is 4.98 Å². The molecule has 1 heterocycles. The first-order valence-electron chi connectivity index (χ1n) is 5.61. The standard InChI is InChI=1S/C11H20N4O3/c1-16-6-4-15(5-7-17-2)10-9(12)11(18-3)14-8-13-10/h8H,4-7,12H2,1-3H3. The first kappa shape index (κ1) is 14.5. The Hall–Kier alpha value is -1.60. The number of hydrogen-bond donors (Lipinski definition) is 1. The van der Waals surface area contributed by atoms with E-state index in [4.69, 9.17) is 19.9 Å². The summed E-state index contributed by atoms with van der Waals surface area (Å²) < 4.78 is 15.2. The van der Waals surface area contributed by atoms with E-state index in [2.05, 4.69) is 9.97 Å². The Bertz CT molecular complexity index is 354. The predicted molar refractivity (Wildman–Crippen MR) is 69.0 cm³/mol. The third kappa shape index (κ3) is 3.71. The Morgan fingerprint density at radius 2 is 1.72 bits per heavy atom. The van der Waals surface area contributed by atoms with Crippen molar-refractivity contribution in [3.05, 3.63) is 6.33 Å². The first-order chi connectivity index (χ1) is 8.74. The lowest BCUT2D eigenvalue weighted by atomic mass is 10.4. The van der Waals surface area contributed by atoms with Gasteiger partial charge in [-0.15, -0.1) is 0 Å². The van der Waals surface area contributed by atoms with Crippen LogP contribution < -0.4 is 15.4 Å². The number of rotatable bonds is 8. The quantitative estimate of drug-likeness (QED) is 0.709. The van der Waals surface area contributed by atoms with Gasteiger partial charge < -0.3 is 24.8 Å². The Morgan fingerprint density at radius 1 is 1.11 bits per heavy atom. The highest BCUT2D eigenvalue weighted by Crippen LogP contribution is 2.27. The lowest BCUT2D eigenvalue weighted by Crippen LogP contribution is -2.32. The van der Waals surface area contributed by atoms with Crippen LogP contribution in [0.2, 0.25) is 0 Å². The lowest BCUT2D eigenvalue weighted by molar-refractivity contribution is 0.190. The number of hydrogen-bond acceptors (Lipinski definition) is 7. The van der Waals surface area contributed by atoms with Gasteiger partial charge in [0.15, 0.2) is 5.82 Å². The van der Waals surface area contributed by atoms with Gasteiger partial charge in [-0.3, -0.25) is 0 Å². The SMILES string of the molecule is COCCN(CCOC)c1ncnc(OC)c1N. The van der Waals surface area contributed by atoms with Crippen LogP contribution in [-0.4, -0.2) is 57.6 Å². The molecule has 1 rings (SSSR count). The normalized spacial score (nSPS) is 10.4. The van der Waals surface area contributed by atoms with Crippen LogP contribution in [0.15, 0.2) is 6.33 Å². The Balaban J connectivity index is 2.88. The fraction of sp³-hybridized carbons (Fsp3) is 0.636. The molecule has 0 aliphatic rings. The summed E-state index contributed by atoms with van der Waals surface area (Å²) in [5.41, 5.74) is 6.39. The molecular formula is C11H20N4O3. The molecule has 102 valence electrons. The number of methoxy groups -OCH3 is 3. The Morgan fingerprint density at radius 3 is 2.22 bits per heavy atom. The van der Waals surface area contributed by atoms with E-state index >= 15 is 0 Å². The second-order valence-electron chi connectivity index (χ2n) is 3.59. The molecule has 0 aromatic carbocycles. The minimum atomic E-state index is 0.375. The third-order valence-corrected chi connectivity index (χ3v) is 2.45. The summed E-state index contributed by atoms with van der Waals surface area (Å²) in [4.78, 5) is 10.1. The minimum Gasteiger partial charge on any atom is -0.479 e. The van der Waals surface area contributed by atoms with Crippen LogP contribution in [0.1, 0.15) is 0 Å². The van der Waals surface area contributed by atoms with Gasteiger partial charge in [0.05, 0.1) is 20.3 Å². The zero-order chi connectivity index (χ0) is 13.4. The van der Waals surface area contributed by atoms with Gasteiger partial charge in [-0.05, 0) is 0 Å². The Kier molecular flexibility index (Phi) is 6.16. The van der Waals surface area contributed by atoms with Gasteiger partial charge in [-0.1, -0.05) is 0 Å². The maximum absolute atomic E-state index is 5.96.